The minimum atomic E-state index is 0.184. The van der Waals surface area contributed by atoms with Crippen LogP contribution in [0.4, 0.5) is 0 Å². The average Bonchev–Trinajstić information content (AvgIpc) is 2.74. The van der Waals surface area contributed by atoms with Crippen LogP contribution in [0.25, 0.3) is 10.2 Å². The first-order valence-electron chi connectivity index (χ1n) is 5.27. The summed E-state index contributed by atoms with van der Waals surface area (Å²) >= 11 is 7.87. The summed E-state index contributed by atoms with van der Waals surface area (Å²) in [5.41, 5.74) is 1.19. The maximum atomic E-state index is 9.36. The van der Waals surface area contributed by atoms with E-state index >= 15 is 0 Å². The lowest BCUT2D eigenvalue weighted by Gasteiger charge is -2.07. The maximum Gasteiger partial charge on any atom is 0.141 e. The zero-order chi connectivity index (χ0) is 11.3. The van der Waals surface area contributed by atoms with E-state index in [4.69, 9.17) is 11.6 Å². The molecule has 84 valence electrons. The molecule has 2 heterocycles. The van der Waals surface area contributed by atoms with Gasteiger partial charge in [0.05, 0.1) is 12.0 Å². The van der Waals surface area contributed by atoms with Crippen molar-refractivity contribution in [1.29, 1.82) is 0 Å². The summed E-state index contributed by atoms with van der Waals surface area (Å²) < 4.78 is 0. The van der Waals surface area contributed by atoms with Crippen LogP contribution < -0.4 is 0 Å². The van der Waals surface area contributed by atoms with Crippen molar-refractivity contribution in [3.05, 3.63) is 21.4 Å². The van der Waals surface area contributed by atoms with Crippen molar-refractivity contribution in [2.24, 2.45) is 0 Å². The fourth-order valence-electron chi connectivity index (χ4n) is 2.38. The second-order valence-corrected chi connectivity index (χ2v) is 5.54. The van der Waals surface area contributed by atoms with Crippen molar-refractivity contribution in [2.75, 3.05) is 6.61 Å². The Labute approximate surface area is 102 Å². The van der Waals surface area contributed by atoms with Gasteiger partial charge in [-0.15, -0.1) is 11.3 Å². The van der Waals surface area contributed by atoms with Crippen molar-refractivity contribution in [3.63, 3.8) is 0 Å². The molecule has 5 heteroatoms. The summed E-state index contributed by atoms with van der Waals surface area (Å²) in [4.78, 5) is 10.9. The topological polar surface area (TPSA) is 46.0 Å². The Morgan fingerprint density at radius 3 is 3.06 bits per heavy atom. The zero-order valence-electron chi connectivity index (χ0n) is 8.83. The number of thiophene rings is 1. The standard InChI is InChI=1S/C11H11ClN2OS/c1-5-13-10(12)9-8-6(4-15)2-3-7(8)16-11(9)14-5/h6,15H,2-4H2,1H3/t6-/m1/s1. The molecule has 1 atom stereocenters. The fraction of sp³-hybridized carbons (Fsp3) is 0.455. The molecule has 2 aromatic rings. The zero-order valence-corrected chi connectivity index (χ0v) is 10.4. The van der Waals surface area contributed by atoms with E-state index in [1.165, 1.54) is 10.4 Å². The third kappa shape index (κ3) is 1.37. The predicted octanol–water partition coefficient (Wildman–Crippen LogP) is 2.68. The molecule has 3 nitrogen and oxygen atoms in total. The van der Waals surface area contributed by atoms with Gasteiger partial charge in [-0.25, -0.2) is 9.97 Å². The largest absolute Gasteiger partial charge is 0.396 e. The van der Waals surface area contributed by atoms with Gasteiger partial charge in [-0.3, -0.25) is 0 Å². The van der Waals surface area contributed by atoms with E-state index in [2.05, 4.69) is 9.97 Å². The van der Waals surface area contributed by atoms with E-state index in [0.717, 1.165) is 23.1 Å². The Kier molecular flexibility index (Phi) is 2.38. The lowest BCUT2D eigenvalue weighted by molar-refractivity contribution is 0.265. The van der Waals surface area contributed by atoms with Gasteiger partial charge in [-0.05, 0) is 25.3 Å². The van der Waals surface area contributed by atoms with Crippen LogP contribution in [0.2, 0.25) is 5.15 Å². The van der Waals surface area contributed by atoms with Gasteiger partial charge in [0.25, 0.3) is 0 Å². The quantitative estimate of drug-likeness (QED) is 0.796. The summed E-state index contributed by atoms with van der Waals surface area (Å²) in [6.07, 6.45) is 2.04. The number of aliphatic hydroxyl groups is 1. The summed E-state index contributed by atoms with van der Waals surface area (Å²) in [6.45, 7) is 2.03. The second kappa shape index (κ2) is 3.65. The van der Waals surface area contributed by atoms with E-state index in [1.807, 2.05) is 6.92 Å². The first-order valence-corrected chi connectivity index (χ1v) is 6.46. The molecule has 0 amide bonds. The van der Waals surface area contributed by atoms with Crippen molar-refractivity contribution < 1.29 is 5.11 Å². The average molecular weight is 255 g/mol. The lowest BCUT2D eigenvalue weighted by Crippen LogP contribution is -1.99. The molecule has 0 saturated heterocycles. The molecular formula is C11H11ClN2OS. The maximum absolute atomic E-state index is 9.36. The van der Waals surface area contributed by atoms with Crippen LogP contribution in [0.5, 0.6) is 0 Å². The number of fused-ring (bicyclic) bond motifs is 3. The molecule has 1 aliphatic rings. The highest BCUT2D eigenvalue weighted by molar-refractivity contribution is 7.19. The number of hydrogen-bond acceptors (Lipinski definition) is 4. The Morgan fingerprint density at radius 2 is 2.31 bits per heavy atom. The highest BCUT2D eigenvalue weighted by atomic mass is 35.5. The molecule has 1 N–H and O–H groups in total. The molecule has 2 aromatic heterocycles. The van der Waals surface area contributed by atoms with E-state index < -0.39 is 0 Å². The van der Waals surface area contributed by atoms with Crippen LogP contribution in [0.1, 0.15) is 28.6 Å². The van der Waals surface area contributed by atoms with Gasteiger partial charge in [0.2, 0.25) is 0 Å². The number of hydrogen-bond donors (Lipinski definition) is 1. The molecule has 0 aliphatic heterocycles. The third-order valence-corrected chi connectivity index (χ3v) is 4.51. The van der Waals surface area contributed by atoms with Gasteiger partial charge in [-0.1, -0.05) is 11.6 Å². The molecule has 0 radical (unpaired) electrons. The summed E-state index contributed by atoms with van der Waals surface area (Å²) in [5.74, 6) is 0.922. The summed E-state index contributed by atoms with van der Waals surface area (Å²) in [5, 5.41) is 10.8. The first kappa shape index (κ1) is 10.4. The van der Waals surface area contributed by atoms with Gasteiger partial charge >= 0.3 is 0 Å². The number of aromatic nitrogens is 2. The number of halogens is 1. The SMILES string of the molecule is Cc1nc(Cl)c2c3c(sc2n1)CC[C@@H]3CO. The Hall–Kier alpha value is -0.710. The smallest absolute Gasteiger partial charge is 0.141 e. The van der Waals surface area contributed by atoms with Crippen LogP contribution in [0, 0.1) is 6.92 Å². The third-order valence-electron chi connectivity index (χ3n) is 3.08. The van der Waals surface area contributed by atoms with E-state index in [0.29, 0.717) is 11.0 Å². The number of aliphatic hydroxyl groups excluding tert-OH is 1. The Bertz CT molecular complexity index is 567. The molecule has 0 saturated carbocycles. The highest BCUT2D eigenvalue weighted by Gasteiger charge is 2.28. The van der Waals surface area contributed by atoms with E-state index in [1.54, 1.807) is 11.3 Å². The van der Waals surface area contributed by atoms with Crippen LogP contribution in [-0.4, -0.2) is 21.7 Å². The molecule has 3 rings (SSSR count). The molecule has 0 fully saturated rings. The molecule has 0 unspecified atom stereocenters. The number of aryl methyl sites for hydroxylation is 2. The van der Waals surface area contributed by atoms with Crippen LogP contribution in [0.3, 0.4) is 0 Å². The summed E-state index contributed by atoms with van der Waals surface area (Å²) in [7, 11) is 0. The monoisotopic (exact) mass is 254 g/mol. The Balaban J connectivity index is 2.34. The van der Waals surface area contributed by atoms with Crippen molar-refractivity contribution in [3.8, 4) is 0 Å². The highest BCUT2D eigenvalue weighted by Crippen LogP contribution is 2.44. The fourth-order valence-corrected chi connectivity index (χ4v) is 4.06. The van der Waals surface area contributed by atoms with Crippen LogP contribution in [0.15, 0.2) is 0 Å². The molecule has 0 spiro atoms. The number of rotatable bonds is 1. The minimum absolute atomic E-state index is 0.184. The van der Waals surface area contributed by atoms with Crippen LogP contribution >= 0.6 is 22.9 Å². The van der Waals surface area contributed by atoms with Gasteiger partial charge in [0, 0.05) is 10.8 Å². The summed E-state index contributed by atoms with van der Waals surface area (Å²) in [6, 6.07) is 0. The first-order chi connectivity index (χ1) is 7.70. The molecular weight excluding hydrogens is 244 g/mol. The number of nitrogens with zero attached hydrogens (tertiary/aromatic N) is 2. The van der Waals surface area contributed by atoms with E-state index in [9.17, 15) is 5.11 Å². The van der Waals surface area contributed by atoms with Crippen molar-refractivity contribution in [2.45, 2.75) is 25.7 Å². The van der Waals surface area contributed by atoms with Gasteiger partial charge in [0.15, 0.2) is 0 Å². The molecule has 0 aromatic carbocycles. The van der Waals surface area contributed by atoms with E-state index in [-0.39, 0.29) is 12.5 Å². The van der Waals surface area contributed by atoms with Gasteiger partial charge in [-0.2, -0.15) is 0 Å². The lowest BCUT2D eigenvalue weighted by atomic mass is 10.0. The van der Waals surface area contributed by atoms with Gasteiger partial charge in [0.1, 0.15) is 15.8 Å². The molecule has 0 bridgehead atoms. The second-order valence-electron chi connectivity index (χ2n) is 4.10. The predicted molar refractivity (Wildman–Crippen MR) is 65.3 cm³/mol. The molecule has 16 heavy (non-hydrogen) atoms. The van der Waals surface area contributed by atoms with Crippen molar-refractivity contribution >= 4 is 33.2 Å². The minimum Gasteiger partial charge on any atom is -0.396 e. The normalized spacial score (nSPS) is 19.3. The molecule has 1 aliphatic carbocycles. The van der Waals surface area contributed by atoms with Crippen LogP contribution in [-0.2, 0) is 6.42 Å². The Morgan fingerprint density at radius 1 is 1.50 bits per heavy atom. The van der Waals surface area contributed by atoms with Crippen molar-refractivity contribution in [1.82, 2.24) is 9.97 Å². The van der Waals surface area contributed by atoms with Gasteiger partial charge < -0.3 is 5.11 Å².